The smallest absolute Gasteiger partial charge is 0.0425 e. The van der Waals surface area contributed by atoms with Crippen LogP contribution in [0.2, 0.25) is 0 Å². The molecule has 0 amide bonds. The van der Waals surface area contributed by atoms with Crippen molar-refractivity contribution >= 4 is 7.05 Å². The molecule has 0 spiro atoms. The summed E-state index contributed by atoms with van der Waals surface area (Å²) in [4.78, 5) is 0. The van der Waals surface area contributed by atoms with Crippen molar-refractivity contribution in [3.8, 4) is 0 Å². The molecule has 1 nitrogen and oxygen atoms in total. The Morgan fingerprint density at radius 3 is 1.68 bits per heavy atom. The van der Waals surface area contributed by atoms with Crippen LogP contribution in [-0.4, -0.2) is 18.5 Å². The first-order valence-electron chi connectivity index (χ1n) is 13.3. The summed E-state index contributed by atoms with van der Waals surface area (Å²) in [6.45, 7) is 27.2. The minimum Gasteiger partial charge on any atom is -0.272 e. The summed E-state index contributed by atoms with van der Waals surface area (Å²) in [5.41, 5.74) is 2.52. The minimum absolute atomic E-state index is 0. The fraction of sp³-hybridized carbons (Fsp3) is 0.742. The van der Waals surface area contributed by atoms with Crippen molar-refractivity contribution in [2.75, 3.05) is 18.5 Å². The molecule has 0 aromatic heterocycles. The van der Waals surface area contributed by atoms with E-state index in [9.17, 15) is 0 Å². The van der Waals surface area contributed by atoms with E-state index in [-0.39, 0.29) is 21.7 Å². The molecule has 1 aliphatic rings. The molecule has 0 saturated carbocycles. The second-order valence-corrected chi connectivity index (χ2v) is 17.1. The van der Waals surface area contributed by atoms with E-state index < -0.39 is 7.05 Å². The number of unbranched alkanes of at least 4 members (excludes halogenated alkanes) is 2. The van der Waals surface area contributed by atoms with Gasteiger partial charge in [0.1, 0.15) is 0 Å². The van der Waals surface area contributed by atoms with Gasteiger partial charge in [-0.2, -0.15) is 0 Å². The zero-order valence-corrected chi connectivity index (χ0v) is 27.1. The number of rotatable bonds is 11. The van der Waals surface area contributed by atoms with Gasteiger partial charge in [-0.05, 0) is 73.5 Å². The van der Waals surface area contributed by atoms with Crippen LogP contribution in [-0.2, 0) is 21.7 Å². The van der Waals surface area contributed by atoms with Gasteiger partial charge in [0.15, 0.2) is 0 Å². The van der Waals surface area contributed by atoms with Gasteiger partial charge in [0, 0.05) is 33.8 Å². The van der Waals surface area contributed by atoms with Gasteiger partial charge in [-0.1, -0.05) is 119 Å². The average Bonchev–Trinajstić information content (AvgIpc) is 3.18. The van der Waals surface area contributed by atoms with Crippen LogP contribution in [0.25, 0.3) is 0 Å². The molecule has 1 aliphatic carbocycles. The standard InChI is InChI=1S/C23H44NP.C8H14.Ti/c1-21(2,3)14-17-25(18-15-22(4,5)6,19-16-23(7,8)9)24-20-12-10-11-13-20;1-3-5-7-8-6-4-2;/h10-12H,13-19H2,1-9H3;3,5,7H,1,4,6,8H2,2H3;. The van der Waals surface area contributed by atoms with E-state index in [0.29, 0.717) is 16.2 Å². The molecule has 0 fully saturated rings. The molecule has 0 saturated heterocycles. The Hall–Kier alpha value is -0.0957. The molecule has 0 aromatic rings. The van der Waals surface area contributed by atoms with Crippen molar-refractivity contribution in [3.63, 3.8) is 0 Å². The molecule has 0 radical (unpaired) electrons. The largest absolute Gasteiger partial charge is 0.272 e. The Morgan fingerprint density at radius 1 is 0.882 bits per heavy atom. The van der Waals surface area contributed by atoms with E-state index >= 15 is 0 Å². The minimum atomic E-state index is -1.32. The Balaban J connectivity index is 0. The van der Waals surface area contributed by atoms with E-state index in [1.165, 1.54) is 62.7 Å². The summed E-state index contributed by atoms with van der Waals surface area (Å²) in [5.74, 6) is 0. The fourth-order valence-electron chi connectivity index (χ4n) is 3.41. The molecular weight excluding hydrogens is 465 g/mol. The quantitative estimate of drug-likeness (QED) is 0.111. The van der Waals surface area contributed by atoms with Gasteiger partial charge < -0.3 is 0 Å². The normalized spacial score (nSPS) is 14.4. The predicted molar refractivity (Wildman–Crippen MR) is 157 cm³/mol. The van der Waals surface area contributed by atoms with Crippen LogP contribution >= 0.6 is 7.05 Å². The summed E-state index contributed by atoms with van der Waals surface area (Å²) < 4.78 is 5.53. The second kappa shape index (κ2) is 17.4. The molecule has 1 rings (SSSR count). The Morgan fingerprint density at radius 2 is 1.35 bits per heavy atom. The van der Waals surface area contributed by atoms with Crippen LogP contribution in [0.5, 0.6) is 0 Å². The maximum atomic E-state index is 5.53. The molecule has 0 unspecified atom stereocenters. The van der Waals surface area contributed by atoms with E-state index in [4.69, 9.17) is 4.74 Å². The van der Waals surface area contributed by atoms with Gasteiger partial charge in [0.2, 0.25) is 0 Å². The van der Waals surface area contributed by atoms with Crippen molar-refractivity contribution in [3.05, 3.63) is 48.7 Å². The Labute approximate surface area is 230 Å². The third-order valence-corrected chi connectivity index (χ3v) is 9.77. The van der Waals surface area contributed by atoms with E-state index in [1.807, 2.05) is 12.2 Å². The summed E-state index contributed by atoms with van der Waals surface area (Å²) in [6, 6.07) is 0. The van der Waals surface area contributed by atoms with Gasteiger partial charge >= 0.3 is 0 Å². The van der Waals surface area contributed by atoms with Crippen LogP contribution in [0.1, 0.15) is 114 Å². The molecule has 0 heterocycles. The van der Waals surface area contributed by atoms with Crippen molar-refractivity contribution in [1.82, 2.24) is 0 Å². The summed E-state index contributed by atoms with van der Waals surface area (Å²) >= 11 is 0. The summed E-state index contributed by atoms with van der Waals surface area (Å²) in [7, 11) is -1.32. The predicted octanol–water partition coefficient (Wildman–Crippen LogP) is 11.3. The van der Waals surface area contributed by atoms with Gasteiger partial charge in [-0.15, -0.1) is 0 Å². The first-order valence-corrected chi connectivity index (χ1v) is 15.6. The van der Waals surface area contributed by atoms with Crippen molar-refractivity contribution in [2.45, 2.75) is 114 Å². The zero-order chi connectivity index (χ0) is 25.6. The van der Waals surface area contributed by atoms with Gasteiger partial charge in [0.05, 0.1) is 0 Å². The van der Waals surface area contributed by atoms with Gasteiger partial charge in [0.25, 0.3) is 0 Å². The number of nitrogens with zero attached hydrogens (tertiary/aromatic N) is 1. The van der Waals surface area contributed by atoms with Crippen molar-refractivity contribution in [1.29, 1.82) is 0 Å². The maximum absolute atomic E-state index is 5.53. The molecule has 0 aliphatic heterocycles. The average molecular weight is 524 g/mol. The second-order valence-electron chi connectivity index (χ2n) is 13.4. The third kappa shape index (κ3) is 21.2. The summed E-state index contributed by atoms with van der Waals surface area (Å²) in [5, 5.41) is 0. The molecule has 3 heteroatoms. The molecular formula is C31H58NPTi. The molecule has 0 bridgehead atoms. The van der Waals surface area contributed by atoms with Gasteiger partial charge in [-0.25, -0.2) is 0 Å². The number of hydrogen-bond donors (Lipinski definition) is 0. The topological polar surface area (TPSA) is 12.4 Å². The van der Waals surface area contributed by atoms with E-state index in [0.717, 1.165) is 6.42 Å². The first kappa shape index (κ1) is 36.1. The van der Waals surface area contributed by atoms with Crippen LogP contribution in [0, 0.1) is 16.2 Å². The van der Waals surface area contributed by atoms with E-state index in [2.05, 4.69) is 100 Å². The fourth-order valence-corrected chi connectivity index (χ4v) is 8.34. The SMILES string of the molecule is C=CC=CCCCC.CC(C)(C)CCP(CCC(C)(C)C)(CCC(C)(C)C)=NC1=CC=CC1.[Ti]. The van der Waals surface area contributed by atoms with Crippen LogP contribution in [0.3, 0.4) is 0 Å². The monoisotopic (exact) mass is 523 g/mol. The van der Waals surface area contributed by atoms with Crippen LogP contribution in [0.4, 0.5) is 0 Å². The first-order chi connectivity index (χ1) is 15.1. The van der Waals surface area contributed by atoms with Crippen molar-refractivity contribution < 1.29 is 21.7 Å². The van der Waals surface area contributed by atoms with Crippen LogP contribution in [0.15, 0.2) is 53.5 Å². The number of allylic oxidation sites excluding steroid dienone is 6. The molecule has 0 atom stereocenters. The Kier molecular flexibility index (Phi) is 18.4. The number of hydrogen-bond acceptors (Lipinski definition) is 1. The molecule has 0 aromatic carbocycles. The Bertz CT molecular complexity index is 638. The van der Waals surface area contributed by atoms with Crippen molar-refractivity contribution in [2.24, 2.45) is 21.0 Å². The zero-order valence-electron chi connectivity index (χ0n) is 24.6. The van der Waals surface area contributed by atoms with Gasteiger partial charge in [-0.3, -0.25) is 4.74 Å². The third-order valence-electron chi connectivity index (χ3n) is 5.92. The van der Waals surface area contributed by atoms with Crippen LogP contribution < -0.4 is 0 Å². The summed E-state index contributed by atoms with van der Waals surface area (Å²) in [6.07, 6.45) is 25.3. The maximum Gasteiger partial charge on any atom is 0.0425 e. The van der Waals surface area contributed by atoms with E-state index in [1.54, 1.807) is 0 Å². The molecule has 196 valence electrons. The molecule has 34 heavy (non-hydrogen) atoms. The molecule has 0 N–H and O–H groups in total.